The standard InChI is InChI=1S/C13H12N2O2/c1-17-10-4-2-3-9(7-10)13(16)11-8-15-6-5-12(11)14/h2-8H,1H3,(H2,14,15). The summed E-state index contributed by atoms with van der Waals surface area (Å²) in [7, 11) is 1.56. The van der Waals surface area contributed by atoms with Crippen LogP contribution in [0.15, 0.2) is 42.7 Å². The molecule has 0 unspecified atom stereocenters. The second-order valence-corrected chi connectivity index (χ2v) is 3.52. The van der Waals surface area contributed by atoms with Gasteiger partial charge in [0.2, 0.25) is 0 Å². The maximum Gasteiger partial charge on any atom is 0.196 e. The second kappa shape index (κ2) is 4.65. The summed E-state index contributed by atoms with van der Waals surface area (Å²) in [5, 5.41) is 0. The molecule has 17 heavy (non-hydrogen) atoms. The Morgan fingerprint density at radius 3 is 2.88 bits per heavy atom. The molecule has 4 nitrogen and oxygen atoms in total. The number of nitrogens with two attached hydrogens (primary N) is 1. The molecular weight excluding hydrogens is 216 g/mol. The zero-order valence-electron chi connectivity index (χ0n) is 9.38. The third-order valence-corrected chi connectivity index (χ3v) is 2.43. The molecular formula is C13H12N2O2. The summed E-state index contributed by atoms with van der Waals surface area (Å²) in [5.74, 6) is 0.479. The van der Waals surface area contributed by atoms with Crippen LogP contribution >= 0.6 is 0 Å². The molecule has 2 rings (SSSR count). The summed E-state index contributed by atoms with van der Waals surface area (Å²) in [5.41, 5.74) is 7.10. The SMILES string of the molecule is COc1cccc(C(=O)c2cnccc2N)c1. The number of pyridine rings is 1. The van der Waals surface area contributed by atoms with Crippen LogP contribution in [0.3, 0.4) is 0 Å². The number of aromatic nitrogens is 1. The average Bonchev–Trinajstić information content (AvgIpc) is 2.38. The van der Waals surface area contributed by atoms with Gasteiger partial charge in [0, 0.05) is 23.6 Å². The minimum Gasteiger partial charge on any atom is -0.497 e. The highest BCUT2D eigenvalue weighted by Gasteiger charge is 2.12. The van der Waals surface area contributed by atoms with E-state index in [2.05, 4.69) is 4.98 Å². The topological polar surface area (TPSA) is 65.2 Å². The van der Waals surface area contributed by atoms with E-state index in [0.29, 0.717) is 22.6 Å². The Labute approximate surface area is 99.1 Å². The van der Waals surface area contributed by atoms with E-state index < -0.39 is 0 Å². The lowest BCUT2D eigenvalue weighted by molar-refractivity contribution is 0.103. The van der Waals surface area contributed by atoms with E-state index in [1.165, 1.54) is 6.20 Å². The van der Waals surface area contributed by atoms with Crippen molar-refractivity contribution in [2.24, 2.45) is 0 Å². The lowest BCUT2D eigenvalue weighted by Crippen LogP contribution is -2.05. The fraction of sp³-hybridized carbons (Fsp3) is 0.0769. The van der Waals surface area contributed by atoms with E-state index in [1.807, 2.05) is 0 Å². The van der Waals surface area contributed by atoms with Gasteiger partial charge in [0.05, 0.1) is 12.7 Å². The number of hydrogen-bond donors (Lipinski definition) is 1. The molecule has 4 heteroatoms. The van der Waals surface area contributed by atoms with Crippen molar-refractivity contribution >= 4 is 11.5 Å². The summed E-state index contributed by atoms with van der Waals surface area (Å²) in [4.78, 5) is 16.1. The number of ketones is 1. The summed E-state index contributed by atoms with van der Waals surface area (Å²) < 4.78 is 5.07. The lowest BCUT2D eigenvalue weighted by atomic mass is 10.0. The van der Waals surface area contributed by atoms with E-state index in [9.17, 15) is 4.79 Å². The van der Waals surface area contributed by atoms with Crippen molar-refractivity contribution in [1.82, 2.24) is 4.98 Å². The number of nitrogens with zero attached hydrogens (tertiary/aromatic N) is 1. The normalized spacial score (nSPS) is 9.94. The summed E-state index contributed by atoms with van der Waals surface area (Å²) in [6.45, 7) is 0. The van der Waals surface area contributed by atoms with Gasteiger partial charge < -0.3 is 10.5 Å². The van der Waals surface area contributed by atoms with Crippen LogP contribution in [-0.2, 0) is 0 Å². The van der Waals surface area contributed by atoms with Crippen LogP contribution in [-0.4, -0.2) is 17.9 Å². The summed E-state index contributed by atoms with van der Waals surface area (Å²) in [6.07, 6.45) is 3.02. The van der Waals surface area contributed by atoms with Gasteiger partial charge in [0.1, 0.15) is 5.75 Å². The molecule has 1 aromatic heterocycles. The fourth-order valence-electron chi connectivity index (χ4n) is 1.51. The molecule has 0 bridgehead atoms. The maximum absolute atomic E-state index is 12.2. The number of nitrogen functional groups attached to an aromatic ring is 1. The Morgan fingerprint density at radius 1 is 1.35 bits per heavy atom. The number of benzene rings is 1. The summed E-state index contributed by atoms with van der Waals surface area (Å²) in [6, 6.07) is 8.54. The van der Waals surface area contributed by atoms with Crippen molar-refractivity contribution in [1.29, 1.82) is 0 Å². The van der Waals surface area contributed by atoms with Gasteiger partial charge in [-0.1, -0.05) is 12.1 Å². The molecule has 0 aliphatic carbocycles. The first kappa shape index (κ1) is 11.1. The highest BCUT2D eigenvalue weighted by atomic mass is 16.5. The fourth-order valence-corrected chi connectivity index (χ4v) is 1.51. The first-order valence-corrected chi connectivity index (χ1v) is 5.10. The monoisotopic (exact) mass is 228 g/mol. The zero-order valence-corrected chi connectivity index (χ0v) is 9.38. The number of ether oxygens (including phenoxy) is 1. The van der Waals surface area contributed by atoms with Gasteiger partial charge in [-0.25, -0.2) is 0 Å². The highest BCUT2D eigenvalue weighted by Crippen LogP contribution is 2.18. The minimum atomic E-state index is -0.158. The Hall–Kier alpha value is -2.36. The van der Waals surface area contributed by atoms with Gasteiger partial charge in [-0.15, -0.1) is 0 Å². The van der Waals surface area contributed by atoms with Crippen LogP contribution in [0.5, 0.6) is 5.75 Å². The Morgan fingerprint density at radius 2 is 2.18 bits per heavy atom. The van der Waals surface area contributed by atoms with Gasteiger partial charge in [-0.05, 0) is 18.2 Å². The van der Waals surface area contributed by atoms with Gasteiger partial charge in [0.25, 0.3) is 0 Å². The van der Waals surface area contributed by atoms with Crippen molar-refractivity contribution in [3.8, 4) is 5.75 Å². The molecule has 1 heterocycles. The Bertz CT molecular complexity index is 553. The average molecular weight is 228 g/mol. The Kier molecular flexibility index (Phi) is 3.05. The molecule has 0 fully saturated rings. The predicted molar refractivity (Wildman–Crippen MR) is 65.1 cm³/mol. The van der Waals surface area contributed by atoms with Crippen molar-refractivity contribution in [2.45, 2.75) is 0 Å². The first-order valence-electron chi connectivity index (χ1n) is 5.10. The van der Waals surface area contributed by atoms with E-state index >= 15 is 0 Å². The number of methoxy groups -OCH3 is 1. The molecule has 1 aromatic carbocycles. The van der Waals surface area contributed by atoms with Crippen molar-refractivity contribution in [3.63, 3.8) is 0 Å². The zero-order chi connectivity index (χ0) is 12.3. The van der Waals surface area contributed by atoms with Crippen molar-refractivity contribution < 1.29 is 9.53 Å². The van der Waals surface area contributed by atoms with E-state index in [-0.39, 0.29) is 5.78 Å². The molecule has 0 saturated heterocycles. The quantitative estimate of drug-likeness (QED) is 0.815. The lowest BCUT2D eigenvalue weighted by Gasteiger charge is -2.05. The van der Waals surface area contributed by atoms with Gasteiger partial charge in [0.15, 0.2) is 5.78 Å². The van der Waals surface area contributed by atoms with Crippen LogP contribution < -0.4 is 10.5 Å². The van der Waals surface area contributed by atoms with Crippen molar-refractivity contribution in [2.75, 3.05) is 12.8 Å². The molecule has 0 saturated carbocycles. The van der Waals surface area contributed by atoms with Gasteiger partial charge >= 0.3 is 0 Å². The maximum atomic E-state index is 12.2. The van der Waals surface area contributed by atoms with E-state index in [1.54, 1.807) is 43.6 Å². The number of carbonyl (C=O) groups is 1. The summed E-state index contributed by atoms with van der Waals surface area (Å²) >= 11 is 0. The van der Waals surface area contributed by atoms with Gasteiger partial charge in [-0.3, -0.25) is 9.78 Å². The second-order valence-electron chi connectivity index (χ2n) is 3.52. The van der Waals surface area contributed by atoms with E-state index in [0.717, 1.165) is 0 Å². The predicted octanol–water partition coefficient (Wildman–Crippen LogP) is 1.90. The van der Waals surface area contributed by atoms with Gasteiger partial charge in [-0.2, -0.15) is 0 Å². The van der Waals surface area contributed by atoms with Crippen LogP contribution in [0.25, 0.3) is 0 Å². The first-order chi connectivity index (χ1) is 8.22. The smallest absolute Gasteiger partial charge is 0.196 e. The van der Waals surface area contributed by atoms with Crippen LogP contribution in [0, 0.1) is 0 Å². The highest BCUT2D eigenvalue weighted by molar-refractivity contribution is 6.11. The largest absolute Gasteiger partial charge is 0.497 e. The molecule has 2 aromatic rings. The van der Waals surface area contributed by atoms with Crippen molar-refractivity contribution in [3.05, 3.63) is 53.9 Å². The number of carbonyl (C=O) groups excluding carboxylic acids is 1. The molecule has 0 radical (unpaired) electrons. The molecule has 0 aliphatic heterocycles. The molecule has 86 valence electrons. The molecule has 0 aliphatic rings. The minimum absolute atomic E-state index is 0.158. The Balaban J connectivity index is 2.40. The number of rotatable bonds is 3. The third-order valence-electron chi connectivity index (χ3n) is 2.43. The number of hydrogen-bond acceptors (Lipinski definition) is 4. The third kappa shape index (κ3) is 2.25. The van der Waals surface area contributed by atoms with Crippen LogP contribution in [0.1, 0.15) is 15.9 Å². The number of anilines is 1. The molecule has 0 atom stereocenters. The molecule has 0 amide bonds. The molecule has 2 N–H and O–H groups in total. The van der Waals surface area contributed by atoms with Crippen LogP contribution in [0.2, 0.25) is 0 Å². The van der Waals surface area contributed by atoms with E-state index in [4.69, 9.17) is 10.5 Å². The molecule has 0 spiro atoms. The van der Waals surface area contributed by atoms with Crippen LogP contribution in [0.4, 0.5) is 5.69 Å².